The number of ketones is 3. The van der Waals surface area contributed by atoms with Gasteiger partial charge in [0.15, 0.2) is 23.1 Å². The second-order valence-corrected chi connectivity index (χ2v) is 10.7. The quantitative estimate of drug-likeness (QED) is 0.131. The molecule has 6 nitrogen and oxygen atoms in total. The number of halogens is 1. The van der Waals surface area contributed by atoms with Gasteiger partial charge >= 0.3 is 5.97 Å². The highest BCUT2D eigenvalue weighted by molar-refractivity contribution is 6.32. The number of anilines is 1. The fourth-order valence-electron chi connectivity index (χ4n) is 7.06. The van der Waals surface area contributed by atoms with Crippen LogP contribution < -0.4 is 9.64 Å². The first-order chi connectivity index (χ1) is 20.4. The molecule has 0 aromatic heterocycles. The van der Waals surface area contributed by atoms with Gasteiger partial charge in [0.2, 0.25) is 0 Å². The SMILES string of the molecule is CC(=O)Oc1cccc2c1N1C(C(=O)c3ccccc3)C(c3ccccc3F)C3(C(=O)c4ccccc4C3=O)C1C=C2. The third-order valence-corrected chi connectivity index (χ3v) is 8.61. The van der Waals surface area contributed by atoms with Gasteiger partial charge in [-0.25, -0.2) is 4.39 Å². The monoisotopic (exact) mass is 557 g/mol. The first-order valence-electron chi connectivity index (χ1n) is 13.7. The molecule has 0 amide bonds. The van der Waals surface area contributed by atoms with Gasteiger partial charge in [-0.2, -0.15) is 0 Å². The first-order valence-corrected chi connectivity index (χ1v) is 13.7. The Kier molecular flexibility index (Phi) is 5.80. The Morgan fingerprint density at radius 1 is 0.810 bits per heavy atom. The van der Waals surface area contributed by atoms with Gasteiger partial charge in [-0.3, -0.25) is 19.2 Å². The number of fused-ring (bicyclic) bond motifs is 5. The molecule has 2 aliphatic heterocycles. The predicted octanol–water partition coefficient (Wildman–Crippen LogP) is 6.07. The average Bonchev–Trinajstić information content (AvgIpc) is 3.43. The maximum Gasteiger partial charge on any atom is 0.308 e. The number of carbonyl (C=O) groups is 4. The smallest absolute Gasteiger partial charge is 0.308 e. The molecule has 0 radical (unpaired) electrons. The summed E-state index contributed by atoms with van der Waals surface area (Å²) in [6.45, 7) is 1.27. The van der Waals surface area contributed by atoms with E-state index in [1.807, 2.05) is 0 Å². The molecule has 4 aromatic carbocycles. The zero-order chi connectivity index (χ0) is 29.2. The van der Waals surface area contributed by atoms with Crippen LogP contribution in [0.2, 0.25) is 0 Å². The Morgan fingerprint density at radius 3 is 2.12 bits per heavy atom. The normalized spacial score (nSPS) is 21.2. The number of carbonyl (C=O) groups excluding carboxylic acids is 4. The van der Waals surface area contributed by atoms with E-state index < -0.39 is 46.8 Å². The summed E-state index contributed by atoms with van der Waals surface area (Å²) < 4.78 is 21.5. The number of esters is 1. The number of benzene rings is 4. The largest absolute Gasteiger partial charge is 0.424 e. The maximum atomic E-state index is 15.9. The zero-order valence-corrected chi connectivity index (χ0v) is 22.5. The average molecular weight is 558 g/mol. The Bertz CT molecular complexity index is 1810. The molecule has 1 saturated heterocycles. The van der Waals surface area contributed by atoms with Crippen LogP contribution in [0, 0.1) is 11.2 Å². The van der Waals surface area contributed by atoms with Crippen LogP contribution in [0.25, 0.3) is 6.08 Å². The number of nitrogens with zero attached hydrogens (tertiary/aromatic N) is 1. The molecule has 1 aliphatic carbocycles. The first kappa shape index (κ1) is 25.8. The Morgan fingerprint density at radius 2 is 1.45 bits per heavy atom. The van der Waals surface area contributed by atoms with Crippen molar-refractivity contribution in [3.63, 3.8) is 0 Å². The number of hydrogen-bond acceptors (Lipinski definition) is 6. The van der Waals surface area contributed by atoms with Crippen LogP contribution in [-0.4, -0.2) is 35.4 Å². The summed E-state index contributed by atoms with van der Waals surface area (Å²) in [5.74, 6) is -3.53. The van der Waals surface area contributed by atoms with Crippen LogP contribution in [0.4, 0.5) is 10.1 Å². The number of rotatable bonds is 4. The molecular weight excluding hydrogens is 533 g/mol. The molecule has 3 aliphatic rings. The minimum absolute atomic E-state index is 0.0932. The van der Waals surface area contributed by atoms with Crippen LogP contribution in [0.1, 0.15) is 55.0 Å². The van der Waals surface area contributed by atoms with Crippen molar-refractivity contribution in [1.82, 2.24) is 0 Å². The Labute approximate surface area is 241 Å². The van der Waals surface area contributed by atoms with Gasteiger partial charge in [0.05, 0.1) is 11.7 Å². The molecule has 7 rings (SSSR count). The lowest BCUT2D eigenvalue weighted by atomic mass is 9.64. The lowest BCUT2D eigenvalue weighted by Crippen LogP contribution is -2.48. The number of para-hydroxylation sites is 1. The van der Waals surface area contributed by atoms with E-state index in [4.69, 9.17) is 4.74 Å². The third kappa shape index (κ3) is 3.43. The second-order valence-electron chi connectivity index (χ2n) is 10.7. The highest BCUT2D eigenvalue weighted by Gasteiger charge is 2.72. The van der Waals surface area contributed by atoms with Crippen LogP contribution in [0.3, 0.4) is 0 Å². The summed E-state index contributed by atoms with van der Waals surface area (Å²) in [5.41, 5.74) is 0.0816. The summed E-state index contributed by atoms with van der Waals surface area (Å²) in [6, 6.07) is 24.1. The molecule has 42 heavy (non-hydrogen) atoms. The summed E-state index contributed by atoms with van der Waals surface area (Å²) in [7, 11) is 0. The van der Waals surface area contributed by atoms with Crippen LogP contribution >= 0.6 is 0 Å². The van der Waals surface area contributed by atoms with Gasteiger partial charge in [0, 0.05) is 35.1 Å². The molecule has 0 saturated carbocycles. The molecule has 3 unspecified atom stereocenters. The van der Waals surface area contributed by atoms with Crippen LogP contribution in [0.15, 0.2) is 103 Å². The molecule has 206 valence electrons. The van der Waals surface area contributed by atoms with Gasteiger partial charge in [-0.15, -0.1) is 0 Å². The maximum absolute atomic E-state index is 15.9. The topological polar surface area (TPSA) is 80.8 Å². The van der Waals surface area contributed by atoms with Crippen molar-refractivity contribution in [3.05, 3.63) is 137 Å². The molecule has 4 aromatic rings. The van der Waals surface area contributed by atoms with Gasteiger partial charge in [-0.05, 0) is 17.7 Å². The summed E-state index contributed by atoms with van der Waals surface area (Å²) in [4.78, 5) is 57.9. The van der Waals surface area contributed by atoms with E-state index in [1.54, 1.807) is 95.9 Å². The van der Waals surface area contributed by atoms with Gasteiger partial charge < -0.3 is 9.64 Å². The molecular formula is C35H24FNO5. The van der Waals surface area contributed by atoms with E-state index >= 15 is 4.39 Å². The molecule has 1 spiro atoms. The Balaban J connectivity index is 1.58. The molecule has 0 N–H and O–H groups in total. The van der Waals surface area contributed by atoms with Crippen molar-refractivity contribution in [1.29, 1.82) is 0 Å². The molecule has 3 atom stereocenters. The van der Waals surface area contributed by atoms with Crippen LogP contribution in [0.5, 0.6) is 5.75 Å². The van der Waals surface area contributed by atoms with E-state index in [0.29, 0.717) is 16.8 Å². The fraction of sp³-hybridized carbons (Fsp3) is 0.143. The summed E-state index contributed by atoms with van der Waals surface area (Å²) in [5, 5.41) is 0. The lowest BCUT2D eigenvalue weighted by molar-refractivity contribution is -0.131. The number of hydrogen-bond donors (Lipinski definition) is 0. The van der Waals surface area contributed by atoms with Crippen molar-refractivity contribution < 1.29 is 28.3 Å². The van der Waals surface area contributed by atoms with E-state index in [2.05, 4.69) is 0 Å². The van der Waals surface area contributed by atoms with E-state index in [1.165, 1.54) is 25.1 Å². The van der Waals surface area contributed by atoms with Crippen molar-refractivity contribution in [3.8, 4) is 5.75 Å². The van der Waals surface area contributed by atoms with Crippen molar-refractivity contribution in [2.24, 2.45) is 5.41 Å². The lowest BCUT2D eigenvalue weighted by Gasteiger charge is -2.37. The van der Waals surface area contributed by atoms with E-state index in [-0.39, 0.29) is 28.2 Å². The molecule has 7 heteroatoms. The van der Waals surface area contributed by atoms with E-state index in [9.17, 15) is 19.2 Å². The second kappa shape index (κ2) is 9.45. The molecule has 0 bridgehead atoms. The van der Waals surface area contributed by atoms with Crippen molar-refractivity contribution in [2.45, 2.75) is 24.9 Å². The standard InChI is InChI=1S/C35H24FNO5/c1-20(38)42-27-17-9-12-21-18-19-28-35(33(40)23-13-5-6-14-24(23)34(35)41)29(25-15-7-8-16-26(25)36)31(37(28)30(21)27)32(39)22-10-3-2-4-11-22/h2-19,28-29,31H,1H3. The minimum Gasteiger partial charge on any atom is -0.424 e. The van der Waals surface area contributed by atoms with Gasteiger partial charge in [0.1, 0.15) is 17.3 Å². The van der Waals surface area contributed by atoms with Crippen molar-refractivity contribution in [2.75, 3.05) is 4.90 Å². The van der Waals surface area contributed by atoms with Crippen LogP contribution in [-0.2, 0) is 4.79 Å². The third-order valence-electron chi connectivity index (χ3n) is 8.61. The highest BCUT2D eigenvalue weighted by atomic mass is 19.1. The summed E-state index contributed by atoms with van der Waals surface area (Å²) >= 11 is 0. The van der Waals surface area contributed by atoms with Crippen molar-refractivity contribution >= 4 is 35.1 Å². The van der Waals surface area contributed by atoms with Gasteiger partial charge in [-0.1, -0.05) is 97.1 Å². The van der Waals surface area contributed by atoms with E-state index in [0.717, 1.165) is 0 Å². The number of ether oxygens (including phenoxy) is 1. The predicted molar refractivity (Wildman–Crippen MR) is 154 cm³/mol. The molecule has 2 heterocycles. The van der Waals surface area contributed by atoms with Gasteiger partial charge in [0.25, 0.3) is 0 Å². The Hall–Kier alpha value is -5.17. The highest BCUT2D eigenvalue weighted by Crippen LogP contribution is 2.62. The fourth-order valence-corrected chi connectivity index (χ4v) is 7.06. The molecule has 1 fully saturated rings. The zero-order valence-electron chi connectivity index (χ0n) is 22.5. The minimum atomic E-state index is -1.86. The number of Topliss-reactive ketones (excluding diaryl/α,β-unsaturated/α-hetero) is 3. The summed E-state index contributed by atoms with van der Waals surface area (Å²) in [6.07, 6.45) is 3.51.